The Bertz CT molecular complexity index is 380. The van der Waals surface area contributed by atoms with Gasteiger partial charge in [-0.25, -0.2) is 0 Å². The lowest BCUT2D eigenvalue weighted by atomic mass is 9.98. The highest BCUT2D eigenvalue weighted by Crippen LogP contribution is 2.20. The molecule has 1 aliphatic carbocycles. The standard InChI is InChI=1S/C14H24N2O5/c1-9(16-14(20)11(15)8-12(17)18)7-13(19)21-10-5-3-2-4-6-10/h9-11H,2-8,15H2,1H3,(H,16,20)(H,17,18). The van der Waals surface area contributed by atoms with E-state index in [1.54, 1.807) is 6.92 Å². The number of carbonyl (C=O) groups excluding carboxylic acids is 2. The Kier molecular flexibility index (Phi) is 7.14. The van der Waals surface area contributed by atoms with Crippen LogP contribution in [0.1, 0.15) is 51.9 Å². The molecule has 1 saturated carbocycles. The molecule has 1 fully saturated rings. The zero-order chi connectivity index (χ0) is 15.8. The first-order valence-corrected chi connectivity index (χ1v) is 7.35. The van der Waals surface area contributed by atoms with E-state index in [1.165, 1.54) is 6.42 Å². The van der Waals surface area contributed by atoms with Gasteiger partial charge in [-0.1, -0.05) is 6.42 Å². The van der Waals surface area contributed by atoms with Gasteiger partial charge in [-0.15, -0.1) is 0 Å². The van der Waals surface area contributed by atoms with Gasteiger partial charge in [0.15, 0.2) is 0 Å². The number of carboxylic acids is 1. The lowest BCUT2D eigenvalue weighted by molar-refractivity contribution is -0.151. The summed E-state index contributed by atoms with van der Waals surface area (Å²) in [6.07, 6.45) is 4.74. The van der Waals surface area contributed by atoms with Crippen molar-refractivity contribution in [2.45, 2.75) is 70.1 Å². The number of rotatable bonds is 7. The molecule has 4 N–H and O–H groups in total. The normalized spacial score (nSPS) is 18.6. The van der Waals surface area contributed by atoms with E-state index in [1.807, 2.05) is 0 Å². The molecule has 1 amide bonds. The van der Waals surface area contributed by atoms with Crippen LogP contribution in [0.2, 0.25) is 0 Å². The fraction of sp³-hybridized carbons (Fsp3) is 0.786. The number of nitrogens with two attached hydrogens (primary N) is 1. The zero-order valence-corrected chi connectivity index (χ0v) is 12.3. The molecule has 7 heteroatoms. The average molecular weight is 300 g/mol. The van der Waals surface area contributed by atoms with Crippen LogP contribution in [-0.2, 0) is 19.1 Å². The van der Waals surface area contributed by atoms with Crippen LogP contribution >= 0.6 is 0 Å². The van der Waals surface area contributed by atoms with E-state index in [0.29, 0.717) is 0 Å². The number of carboxylic acid groups (broad SMARTS) is 1. The van der Waals surface area contributed by atoms with Crippen molar-refractivity contribution < 1.29 is 24.2 Å². The highest BCUT2D eigenvalue weighted by Gasteiger charge is 2.22. The first-order valence-electron chi connectivity index (χ1n) is 7.35. The molecule has 0 bridgehead atoms. The molecule has 7 nitrogen and oxygen atoms in total. The van der Waals surface area contributed by atoms with Crippen molar-refractivity contribution in [2.75, 3.05) is 0 Å². The molecule has 0 aliphatic heterocycles. The minimum absolute atomic E-state index is 0.0107. The van der Waals surface area contributed by atoms with Crippen molar-refractivity contribution >= 4 is 17.8 Å². The maximum absolute atomic E-state index is 11.8. The smallest absolute Gasteiger partial charge is 0.308 e. The fourth-order valence-electron chi connectivity index (χ4n) is 2.35. The molecule has 0 saturated heterocycles. The highest BCUT2D eigenvalue weighted by atomic mass is 16.5. The molecule has 0 spiro atoms. The van der Waals surface area contributed by atoms with E-state index in [9.17, 15) is 14.4 Å². The van der Waals surface area contributed by atoms with Gasteiger partial charge in [0.05, 0.1) is 18.9 Å². The second-order valence-electron chi connectivity index (χ2n) is 5.57. The molecule has 2 atom stereocenters. The Morgan fingerprint density at radius 3 is 2.43 bits per heavy atom. The summed E-state index contributed by atoms with van der Waals surface area (Å²) in [6, 6.07) is -1.55. The van der Waals surface area contributed by atoms with E-state index in [4.69, 9.17) is 15.6 Å². The highest BCUT2D eigenvalue weighted by molar-refractivity contribution is 5.86. The molecule has 1 aliphatic rings. The third kappa shape index (κ3) is 7.08. The van der Waals surface area contributed by atoms with Crippen LogP contribution in [0.25, 0.3) is 0 Å². The Labute approximate surface area is 124 Å². The van der Waals surface area contributed by atoms with Gasteiger partial charge in [0.1, 0.15) is 6.10 Å². The average Bonchev–Trinajstić information content (AvgIpc) is 2.38. The molecular formula is C14H24N2O5. The second kappa shape index (κ2) is 8.61. The van der Waals surface area contributed by atoms with Crippen LogP contribution in [0, 0.1) is 0 Å². The van der Waals surface area contributed by atoms with Gasteiger partial charge >= 0.3 is 11.9 Å². The van der Waals surface area contributed by atoms with Gasteiger partial charge in [0.25, 0.3) is 0 Å². The summed E-state index contributed by atoms with van der Waals surface area (Å²) in [4.78, 5) is 33.8. The summed E-state index contributed by atoms with van der Waals surface area (Å²) in [5.41, 5.74) is 5.44. The predicted molar refractivity (Wildman–Crippen MR) is 75.4 cm³/mol. The quantitative estimate of drug-likeness (QED) is 0.591. The number of hydrogen-bond donors (Lipinski definition) is 3. The van der Waals surface area contributed by atoms with E-state index in [2.05, 4.69) is 5.32 Å². The third-order valence-electron chi connectivity index (χ3n) is 3.44. The monoisotopic (exact) mass is 300 g/mol. The molecule has 2 unspecified atom stereocenters. The molecular weight excluding hydrogens is 276 g/mol. The van der Waals surface area contributed by atoms with E-state index < -0.39 is 30.4 Å². The van der Waals surface area contributed by atoms with Crippen molar-refractivity contribution in [3.63, 3.8) is 0 Å². The summed E-state index contributed by atoms with van der Waals surface area (Å²) < 4.78 is 5.35. The maximum Gasteiger partial charge on any atom is 0.308 e. The van der Waals surface area contributed by atoms with Gasteiger partial charge in [-0.2, -0.15) is 0 Å². The van der Waals surface area contributed by atoms with Crippen molar-refractivity contribution in [1.29, 1.82) is 0 Å². The molecule has 1 rings (SSSR count). The molecule has 0 radical (unpaired) electrons. The lowest BCUT2D eigenvalue weighted by Crippen LogP contribution is -2.46. The van der Waals surface area contributed by atoms with Crippen LogP contribution in [0.4, 0.5) is 0 Å². The van der Waals surface area contributed by atoms with Gasteiger partial charge in [-0.3, -0.25) is 14.4 Å². The largest absolute Gasteiger partial charge is 0.481 e. The number of esters is 1. The van der Waals surface area contributed by atoms with Crippen LogP contribution < -0.4 is 11.1 Å². The van der Waals surface area contributed by atoms with E-state index in [-0.39, 0.29) is 18.5 Å². The van der Waals surface area contributed by atoms with E-state index >= 15 is 0 Å². The number of ether oxygens (including phenoxy) is 1. The van der Waals surface area contributed by atoms with Crippen molar-refractivity contribution in [3.05, 3.63) is 0 Å². The third-order valence-corrected chi connectivity index (χ3v) is 3.44. The molecule has 0 aromatic carbocycles. The van der Waals surface area contributed by atoms with Crippen LogP contribution in [-0.4, -0.2) is 41.1 Å². The summed E-state index contributed by atoms with van der Waals surface area (Å²) in [7, 11) is 0. The summed E-state index contributed by atoms with van der Waals surface area (Å²) in [5.74, 6) is -2.06. The molecule has 120 valence electrons. The SMILES string of the molecule is CC(CC(=O)OC1CCCCC1)NC(=O)C(N)CC(=O)O. The van der Waals surface area contributed by atoms with Gasteiger partial charge in [0, 0.05) is 6.04 Å². The Morgan fingerprint density at radius 2 is 1.86 bits per heavy atom. The first-order chi connectivity index (χ1) is 9.88. The van der Waals surface area contributed by atoms with Gasteiger partial charge in [-0.05, 0) is 32.6 Å². The number of hydrogen-bond acceptors (Lipinski definition) is 5. The number of carbonyl (C=O) groups is 3. The zero-order valence-electron chi connectivity index (χ0n) is 12.3. The molecule has 0 aromatic heterocycles. The number of amides is 1. The van der Waals surface area contributed by atoms with Crippen LogP contribution in [0.5, 0.6) is 0 Å². The van der Waals surface area contributed by atoms with Crippen molar-refractivity contribution in [1.82, 2.24) is 5.32 Å². The fourth-order valence-corrected chi connectivity index (χ4v) is 2.35. The summed E-state index contributed by atoms with van der Waals surface area (Å²) in [5, 5.41) is 11.1. The number of aliphatic carboxylic acids is 1. The second-order valence-corrected chi connectivity index (χ2v) is 5.57. The van der Waals surface area contributed by atoms with E-state index in [0.717, 1.165) is 25.7 Å². The van der Waals surface area contributed by atoms with Gasteiger partial charge in [0.2, 0.25) is 5.91 Å². The van der Waals surface area contributed by atoms with Crippen molar-refractivity contribution in [3.8, 4) is 0 Å². The maximum atomic E-state index is 11.8. The Hall–Kier alpha value is -1.63. The molecule has 21 heavy (non-hydrogen) atoms. The van der Waals surface area contributed by atoms with Crippen molar-refractivity contribution in [2.24, 2.45) is 5.73 Å². The topological polar surface area (TPSA) is 119 Å². The summed E-state index contributed by atoms with van der Waals surface area (Å²) in [6.45, 7) is 1.66. The Morgan fingerprint density at radius 1 is 1.24 bits per heavy atom. The number of nitrogens with one attached hydrogen (secondary N) is 1. The predicted octanol–water partition coefficient (Wildman–Crippen LogP) is 0.559. The van der Waals surface area contributed by atoms with Gasteiger partial charge < -0.3 is 20.9 Å². The molecule has 0 heterocycles. The minimum atomic E-state index is -1.14. The first kappa shape index (κ1) is 17.4. The summed E-state index contributed by atoms with van der Waals surface area (Å²) >= 11 is 0. The Balaban J connectivity index is 2.28. The van der Waals surface area contributed by atoms with Crippen LogP contribution in [0.15, 0.2) is 0 Å². The minimum Gasteiger partial charge on any atom is -0.481 e. The van der Waals surface area contributed by atoms with Crippen LogP contribution in [0.3, 0.4) is 0 Å². The molecule has 0 aromatic rings. The lowest BCUT2D eigenvalue weighted by Gasteiger charge is -2.23.